The van der Waals surface area contributed by atoms with Gasteiger partial charge >= 0.3 is 5.97 Å². The van der Waals surface area contributed by atoms with Crippen molar-refractivity contribution in [1.29, 1.82) is 0 Å². The van der Waals surface area contributed by atoms with Crippen LogP contribution >= 0.6 is 0 Å². The average Bonchev–Trinajstić information content (AvgIpc) is 2.26. The molecule has 1 rings (SSSR count). The standard InChI is InChI=1S/C9H10O2/c1-7-5-3-4-6-8(7)9(10)11-2/h3-6H,1-2H3/i1D3,2D3,3D,4D,5D,6D. The Morgan fingerprint density at radius 3 is 3.18 bits per heavy atom. The van der Waals surface area contributed by atoms with Gasteiger partial charge in [0.05, 0.1) is 22.2 Å². The molecule has 0 saturated heterocycles. The molecule has 58 valence electrons. The van der Waals surface area contributed by atoms with E-state index >= 15 is 0 Å². The monoisotopic (exact) mass is 160 g/mol. The molecule has 0 saturated carbocycles. The summed E-state index contributed by atoms with van der Waals surface area (Å²) in [5, 5.41) is 0. The van der Waals surface area contributed by atoms with E-state index in [1.807, 2.05) is 0 Å². The summed E-state index contributed by atoms with van der Waals surface area (Å²) in [5.41, 5.74) is -1.97. The van der Waals surface area contributed by atoms with Crippen molar-refractivity contribution in [1.82, 2.24) is 0 Å². The summed E-state index contributed by atoms with van der Waals surface area (Å²) < 4.78 is 76.3. The van der Waals surface area contributed by atoms with Crippen molar-refractivity contribution in [3.05, 3.63) is 35.3 Å². The van der Waals surface area contributed by atoms with Gasteiger partial charge in [0.25, 0.3) is 0 Å². The highest BCUT2D eigenvalue weighted by Gasteiger charge is 2.05. The molecule has 0 aliphatic carbocycles. The second-order valence-corrected chi connectivity index (χ2v) is 1.64. The Bertz CT molecular complexity index is 586. The molecule has 2 heteroatoms. The van der Waals surface area contributed by atoms with Gasteiger partial charge in [0.15, 0.2) is 0 Å². The van der Waals surface area contributed by atoms with Crippen molar-refractivity contribution in [2.75, 3.05) is 7.04 Å². The van der Waals surface area contributed by atoms with Gasteiger partial charge in [-0.2, -0.15) is 0 Å². The number of esters is 1. The summed E-state index contributed by atoms with van der Waals surface area (Å²) in [6.45, 7) is -3.04. The van der Waals surface area contributed by atoms with E-state index in [0.29, 0.717) is 0 Å². The smallest absolute Gasteiger partial charge is 0.338 e. The third-order valence-electron chi connectivity index (χ3n) is 0.984. The number of benzene rings is 1. The Labute approximate surface area is 79.9 Å². The van der Waals surface area contributed by atoms with Gasteiger partial charge in [-0.3, -0.25) is 0 Å². The second-order valence-electron chi connectivity index (χ2n) is 1.64. The lowest BCUT2D eigenvalue weighted by atomic mass is 10.1. The van der Waals surface area contributed by atoms with Crippen molar-refractivity contribution < 1.29 is 23.2 Å². The van der Waals surface area contributed by atoms with E-state index in [-0.39, 0.29) is 0 Å². The van der Waals surface area contributed by atoms with Crippen LogP contribution in [-0.2, 0) is 4.74 Å². The maximum absolute atomic E-state index is 11.8. The number of rotatable bonds is 1. The van der Waals surface area contributed by atoms with Crippen LogP contribution in [0.5, 0.6) is 0 Å². The van der Waals surface area contributed by atoms with E-state index < -0.39 is 55.2 Å². The number of carbonyl (C=O) groups is 1. The van der Waals surface area contributed by atoms with E-state index in [2.05, 4.69) is 4.74 Å². The highest BCUT2D eigenvalue weighted by Crippen LogP contribution is 2.07. The van der Waals surface area contributed by atoms with Crippen LogP contribution in [0.25, 0.3) is 0 Å². The van der Waals surface area contributed by atoms with Gasteiger partial charge in [0, 0.05) is 4.11 Å². The minimum Gasteiger partial charge on any atom is -0.465 e. The van der Waals surface area contributed by atoms with E-state index in [0.717, 1.165) is 0 Å². The minimum absolute atomic E-state index is 0.837. The summed E-state index contributed by atoms with van der Waals surface area (Å²) in [4.78, 5) is 11.8. The lowest BCUT2D eigenvalue weighted by Crippen LogP contribution is -2.02. The Morgan fingerprint density at radius 2 is 2.45 bits per heavy atom. The molecule has 0 fully saturated rings. The molecule has 11 heavy (non-hydrogen) atoms. The zero-order valence-corrected chi connectivity index (χ0v) is 5.32. The molecule has 0 radical (unpaired) electrons. The van der Waals surface area contributed by atoms with Crippen LogP contribution < -0.4 is 0 Å². The lowest BCUT2D eigenvalue weighted by molar-refractivity contribution is 0.0600. The van der Waals surface area contributed by atoms with Crippen LogP contribution in [0, 0.1) is 6.85 Å². The highest BCUT2D eigenvalue weighted by molar-refractivity contribution is 5.90. The van der Waals surface area contributed by atoms with Gasteiger partial charge in [-0.15, -0.1) is 0 Å². The van der Waals surface area contributed by atoms with E-state index in [9.17, 15) is 4.79 Å². The zero-order chi connectivity index (χ0) is 16.7. The molecule has 0 bridgehead atoms. The van der Waals surface area contributed by atoms with Crippen LogP contribution in [0.4, 0.5) is 0 Å². The van der Waals surface area contributed by atoms with E-state index in [1.165, 1.54) is 0 Å². The van der Waals surface area contributed by atoms with Gasteiger partial charge in [0.1, 0.15) is 0 Å². The molecule has 0 aliphatic heterocycles. The van der Waals surface area contributed by atoms with E-state index in [4.69, 9.17) is 13.7 Å². The molecule has 1 aromatic rings. The normalized spacial score (nSPS) is 24.7. The molecule has 1 aromatic carbocycles. The van der Waals surface area contributed by atoms with Gasteiger partial charge in [-0.1, -0.05) is 18.1 Å². The fourth-order valence-electron chi connectivity index (χ4n) is 0.517. The van der Waals surface area contributed by atoms with Crippen LogP contribution in [-0.4, -0.2) is 13.0 Å². The average molecular weight is 160 g/mol. The Hall–Kier alpha value is -1.31. The maximum atomic E-state index is 11.8. The van der Waals surface area contributed by atoms with Crippen molar-refractivity contribution in [3.63, 3.8) is 0 Å². The predicted octanol–water partition coefficient (Wildman–Crippen LogP) is 1.78. The molecular weight excluding hydrogens is 140 g/mol. The van der Waals surface area contributed by atoms with Crippen LogP contribution in [0.15, 0.2) is 24.2 Å². The highest BCUT2D eigenvalue weighted by atomic mass is 16.5. The largest absolute Gasteiger partial charge is 0.465 e. The molecule has 0 spiro atoms. The summed E-state index contributed by atoms with van der Waals surface area (Å²) in [6.07, 6.45) is 0. The fourth-order valence-corrected chi connectivity index (χ4v) is 0.517. The van der Waals surface area contributed by atoms with Crippen LogP contribution in [0.1, 0.15) is 29.6 Å². The Kier molecular flexibility index (Phi) is 0.548. The molecule has 0 N–H and O–H groups in total. The van der Waals surface area contributed by atoms with Gasteiger partial charge < -0.3 is 4.74 Å². The second kappa shape index (κ2) is 3.19. The van der Waals surface area contributed by atoms with Crippen molar-refractivity contribution in [2.24, 2.45) is 0 Å². The fraction of sp³-hybridized carbons (Fsp3) is 0.222. The molecule has 0 aromatic heterocycles. The summed E-state index contributed by atoms with van der Waals surface area (Å²) in [6, 6.07) is -3.59. The van der Waals surface area contributed by atoms with Gasteiger partial charge in [0.2, 0.25) is 0 Å². The Morgan fingerprint density at radius 1 is 1.64 bits per heavy atom. The van der Waals surface area contributed by atoms with Crippen LogP contribution in [0.3, 0.4) is 0 Å². The topological polar surface area (TPSA) is 26.3 Å². The first kappa shape index (κ1) is 1.89. The molecule has 0 heterocycles. The maximum Gasteiger partial charge on any atom is 0.338 e. The first-order valence-corrected chi connectivity index (χ1v) is 2.61. The van der Waals surface area contributed by atoms with Crippen LogP contribution in [0.2, 0.25) is 0 Å². The number of hydrogen-bond acceptors (Lipinski definition) is 2. The van der Waals surface area contributed by atoms with Crippen molar-refractivity contribution >= 4 is 5.97 Å². The quantitative estimate of drug-likeness (QED) is 0.585. The number of carbonyl (C=O) groups excluding carboxylic acids is 1. The van der Waals surface area contributed by atoms with Crippen molar-refractivity contribution in [2.45, 2.75) is 6.85 Å². The Balaban J connectivity index is 3.68. The molecule has 0 amide bonds. The van der Waals surface area contributed by atoms with Gasteiger partial charge in [-0.25, -0.2) is 4.79 Å². The number of methoxy groups -OCH3 is 1. The summed E-state index contributed by atoms with van der Waals surface area (Å²) in [7, 11) is -3.17. The van der Waals surface area contributed by atoms with E-state index in [1.54, 1.807) is 0 Å². The predicted molar refractivity (Wildman–Crippen MR) is 42.5 cm³/mol. The van der Waals surface area contributed by atoms with Gasteiger partial charge in [-0.05, 0) is 18.5 Å². The SMILES string of the molecule is [2H]c1c([2H])c([2H])c(C([2H])([2H])[2H])c(C(=O)OC([2H])([2H])[2H])c1[2H]. The third-order valence-corrected chi connectivity index (χ3v) is 0.984. The molecule has 2 nitrogen and oxygen atoms in total. The summed E-state index contributed by atoms with van der Waals surface area (Å²) in [5.74, 6) is -1.65. The van der Waals surface area contributed by atoms with Crippen molar-refractivity contribution in [3.8, 4) is 0 Å². The minimum atomic E-state index is -3.17. The molecule has 0 unspecified atom stereocenters. The lowest BCUT2D eigenvalue weighted by Gasteiger charge is -2.00. The molecular formula is C9H10O2. The molecule has 0 aliphatic rings. The zero-order valence-electron chi connectivity index (χ0n) is 15.3. The number of ether oxygens (including phenoxy) is 1. The summed E-state index contributed by atoms with van der Waals surface area (Å²) >= 11 is 0. The first-order valence-electron chi connectivity index (χ1n) is 7.61. The molecule has 0 atom stereocenters. The first-order chi connectivity index (χ1) is 9.27. The number of hydrogen-bond donors (Lipinski definition) is 0. The third kappa shape index (κ3) is 1.58.